The van der Waals surface area contributed by atoms with Crippen LogP contribution in [0.15, 0.2) is 42.5 Å². The number of hydrogen-bond acceptors (Lipinski definition) is 7. The molecule has 0 bridgehead atoms. The van der Waals surface area contributed by atoms with Gasteiger partial charge in [0.2, 0.25) is 0 Å². The lowest BCUT2D eigenvalue weighted by atomic mass is 10.0. The molecule has 0 spiro atoms. The SMILES string of the molecule is CCCCOc1ccc(Cc2cc(Cl)ccc2O[C@@H]2S[C@H](CO)[C@@H](O)[C@H](O)[C@H]2O)cc1. The molecule has 6 nitrogen and oxygen atoms in total. The molecule has 0 unspecified atom stereocenters. The van der Waals surface area contributed by atoms with Crippen molar-refractivity contribution in [3.63, 3.8) is 0 Å². The van der Waals surface area contributed by atoms with Gasteiger partial charge in [0.1, 0.15) is 23.7 Å². The summed E-state index contributed by atoms with van der Waals surface area (Å²) in [5.74, 6) is 1.34. The molecule has 0 amide bonds. The van der Waals surface area contributed by atoms with Crippen LogP contribution in [0.5, 0.6) is 11.5 Å². The largest absolute Gasteiger partial charge is 0.494 e. The molecule has 4 N–H and O–H groups in total. The monoisotopic (exact) mass is 468 g/mol. The molecule has 0 radical (unpaired) electrons. The zero-order valence-corrected chi connectivity index (χ0v) is 18.9. The molecule has 1 aliphatic rings. The number of unbranched alkanes of at least 4 members (excludes halogenated alkanes) is 1. The summed E-state index contributed by atoms with van der Waals surface area (Å²) in [5, 5.41) is 39.8. The Labute approximate surface area is 191 Å². The Kier molecular flexibility index (Phi) is 8.89. The maximum Gasteiger partial charge on any atom is 0.173 e. The Morgan fingerprint density at radius 1 is 1.00 bits per heavy atom. The number of benzene rings is 2. The third-order valence-corrected chi connectivity index (χ3v) is 6.85. The number of thioether (sulfide) groups is 1. The fourth-order valence-corrected chi connectivity index (χ4v) is 4.78. The normalized spacial score (nSPS) is 25.9. The number of hydrogen-bond donors (Lipinski definition) is 4. The van der Waals surface area contributed by atoms with Crippen LogP contribution in [0.2, 0.25) is 5.02 Å². The summed E-state index contributed by atoms with van der Waals surface area (Å²) in [5.41, 5.74) is 1.02. The molecule has 8 heteroatoms. The first-order chi connectivity index (χ1) is 14.9. The molecule has 2 aromatic rings. The van der Waals surface area contributed by atoms with Crippen molar-refractivity contribution in [1.29, 1.82) is 0 Å². The van der Waals surface area contributed by atoms with Gasteiger partial charge in [-0.1, -0.05) is 37.1 Å². The molecule has 1 fully saturated rings. The molecule has 1 heterocycles. The average Bonchev–Trinajstić information content (AvgIpc) is 2.77. The first kappa shape index (κ1) is 24.2. The van der Waals surface area contributed by atoms with Crippen molar-refractivity contribution in [2.75, 3.05) is 13.2 Å². The molecule has 170 valence electrons. The lowest BCUT2D eigenvalue weighted by Crippen LogP contribution is -2.55. The maximum atomic E-state index is 10.4. The number of rotatable bonds is 9. The summed E-state index contributed by atoms with van der Waals surface area (Å²) in [6, 6.07) is 13.0. The van der Waals surface area contributed by atoms with Crippen LogP contribution in [0.1, 0.15) is 30.9 Å². The predicted octanol–water partition coefficient (Wildman–Crippen LogP) is 3.01. The van der Waals surface area contributed by atoms with Crippen molar-refractivity contribution < 1.29 is 29.9 Å². The van der Waals surface area contributed by atoms with E-state index in [2.05, 4.69) is 6.92 Å². The Balaban J connectivity index is 1.73. The fraction of sp³-hybridized carbons (Fsp3) is 0.478. The van der Waals surface area contributed by atoms with Gasteiger partial charge in [0.15, 0.2) is 5.44 Å². The number of aliphatic hydroxyl groups excluding tert-OH is 4. The highest BCUT2D eigenvalue weighted by atomic mass is 35.5. The third-order valence-electron chi connectivity index (χ3n) is 5.20. The lowest BCUT2D eigenvalue weighted by Gasteiger charge is -2.39. The molecule has 5 atom stereocenters. The summed E-state index contributed by atoms with van der Waals surface area (Å²) in [6.45, 7) is 2.48. The zero-order valence-electron chi connectivity index (χ0n) is 17.4. The molecule has 1 aliphatic heterocycles. The Morgan fingerprint density at radius 2 is 1.74 bits per heavy atom. The van der Waals surface area contributed by atoms with Crippen LogP contribution in [-0.4, -0.2) is 62.6 Å². The highest BCUT2D eigenvalue weighted by Gasteiger charge is 2.44. The van der Waals surface area contributed by atoms with Crippen molar-refractivity contribution in [3.8, 4) is 11.5 Å². The minimum atomic E-state index is -1.40. The minimum Gasteiger partial charge on any atom is -0.494 e. The topological polar surface area (TPSA) is 99.4 Å². The van der Waals surface area contributed by atoms with E-state index in [0.29, 0.717) is 23.8 Å². The van der Waals surface area contributed by atoms with Crippen molar-refractivity contribution in [2.45, 2.75) is 55.2 Å². The molecule has 0 aromatic heterocycles. The first-order valence-corrected chi connectivity index (χ1v) is 11.7. The van der Waals surface area contributed by atoms with Gasteiger partial charge >= 0.3 is 0 Å². The van der Waals surface area contributed by atoms with Crippen LogP contribution in [-0.2, 0) is 6.42 Å². The van der Waals surface area contributed by atoms with E-state index in [1.807, 2.05) is 24.3 Å². The number of aliphatic hydroxyl groups is 4. The number of ether oxygens (including phenoxy) is 2. The van der Waals surface area contributed by atoms with E-state index in [1.165, 1.54) is 0 Å². The standard InChI is InChI=1S/C23H29ClO6S/c1-2-3-10-29-17-7-4-14(5-8-17)11-15-12-16(24)6-9-18(15)30-23-22(28)21(27)20(26)19(13-25)31-23/h4-9,12,19-23,25-28H,2-3,10-11,13H2,1H3/t19-,20-,21+,22-,23-/m1/s1. The van der Waals surface area contributed by atoms with Crippen molar-refractivity contribution in [1.82, 2.24) is 0 Å². The van der Waals surface area contributed by atoms with Gasteiger partial charge in [-0.2, -0.15) is 0 Å². The maximum absolute atomic E-state index is 10.4. The van der Waals surface area contributed by atoms with Gasteiger partial charge in [0.05, 0.1) is 24.6 Å². The zero-order chi connectivity index (χ0) is 22.4. The van der Waals surface area contributed by atoms with Gasteiger partial charge in [-0.25, -0.2) is 0 Å². The second-order valence-electron chi connectivity index (χ2n) is 7.59. The highest BCUT2D eigenvalue weighted by molar-refractivity contribution is 8.00. The first-order valence-electron chi connectivity index (χ1n) is 10.4. The molecule has 3 rings (SSSR count). The van der Waals surface area contributed by atoms with Crippen LogP contribution in [0.3, 0.4) is 0 Å². The summed E-state index contributed by atoms with van der Waals surface area (Å²) in [7, 11) is 0. The molecule has 2 aromatic carbocycles. The Hall–Kier alpha value is -1.48. The molecular weight excluding hydrogens is 440 g/mol. The smallest absolute Gasteiger partial charge is 0.173 e. The third kappa shape index (κ3) is 6.28. The van der Waals surface area contributed by atoms with Gasteiger partial charge in [0, 0.05) is 17.0 Å². The van der Waals surface area contributed by atoms with Gasteiger partial charge < -0.3 is 29.9 Å². The Morgan fingerprint density at radius 3 is 2.42 bits per heavy atom. The molecule has 1 saturated heterocycles. The highest BCUT2D eigenvalue weighted by Crippen LogP contribution is 2.36. The fourth-order valence-electron chi connectivity index (χ4n) is 3.35. The van der Waals surface area contributed by atoms with E-state index < -0.39 is 29.0 Å². The lowest BCUT2D eigenvalue weighted by molar-refractivity contribution is -0.0910. The average molecular weight is 469 g/mol. The van der Waals surface area contributed by atoms with Gasteiger partial charge in [-0.3, -0.25) is 0 Å². The van der Waals surface area contributed by atoms with Crippen molar-refractivity contribution in [3.05, 3.63) is 58.6 Å². The second-order valence-corrected chi connectivity index (χ2v) is 9.37. The van der Waals surface area contributed by atoms with E-state index in [0.717, 1.165) is 41.5 Å². The quantitative estimate of drug-likeness (QED) is 0.420. The van der Waals surface area contributed by atoms with Crippen LogP contribution in [0.25, 0.3) is 0 Å². The van der Waals surface area contributed by atoms with E-state index in [4.69, 9.17) is 21.1 Å². The van der Waals surface area contributed by atoms with Crippen LogP contribution >= 0.6 is 23.4 Å². The second kappa shape index (κ2) is 11.4. The molecular formula is C23H29ClO6S. The summed E-state index contributed by atoms with van der Waals surface area (Å²) in [4.78, 5) is 0. The van der Waals surface area contributed by atoms with Gasteiger partial charge in [-0.15, -0.1) is 11.8 Å². The summed E-state index contributed by atoms with van der Waals surface area (Å²) in [6.07, 6.45) is -1.29. The van der Waals surface area contributed by atoms with E-state index in [1.54, 1.807) is 18.2 Å². The van der Waals surface area contributed by atoms with Gasteiger partial charge in [0.25, 0.3) is 0 Å². The van der Waals surface area contributed by atoms with E-state index in [-0.39, 0.29) is 6.61 Å². The molecule has 0 saturated carbocycles. The molecule has 31 heavy (non-hydrogen) atoms. The Bertz CT molecular complexity index is 831. The molecule has 0 aliphatic carbocycles. The van der Waals surface area contributed by atoms with Gasteiger partial charge in [-0.05, 0) is 42.3 Å². The number of halogens is 1. The predicted molar refractivity (Wildman–Crippen MR) is 122 cm³/mol. The summed E-state index contributed by atoms with van der Waals surface area (Å²) >= 11 is 7.30. The van der Waals surface area contributed by atoms with Crippen LogP contribution in [0.4, 0.5) is 0 Å². The van der Waals surface area contributed by atoms with E-state index in [9.17, 15) is 20.4 Å². The van der Waals surface area contributed by atoms with E-state index >= 15 is 0 Å². The minimum absolute atomic E-state index is 0.338. The van der Waals surface area contributed by atoms with Crippen LogP contribution < -0.4 is 9.47 Å². The van der Waals surface area contributed by atoms with Crippen LogP contribution in [0, 0.1) is 0 Å². The van der Waals surface area contributed by atoms with Crippen molar-refractivity contribution >= 4 is 23.4 Å². The summed E-state index contributed by atoms with van der Waals surface area (Å²) < 4.78 is 11.7. The van der Waals surface area contributed by atoms with Crippen molar-refractivity contribution in [2.24, 2.45) is 0 Å².